The van der Waals surface area contributed by atoms with Gasteiger partial charge in [-0.2, -0.15) is 5.10 Å². The fourth-order valence-corrected chi connectivity index (χ4v) is 3.13. The van der Waals surface area contributed by atoms with Crippen LogP contribution in [0.15, 0.2) is 83.7 Å². The van der Waals surface area contributed by atoms with E-state index in [1.165, 1.54) is 0 Å². The molecule has 154 valence electrons. The lowest BCUT2D eigenvalue weighted by Crippen LogP contribution is -2.15. The first-order valence-corrected chi connectivity index (χ1v) is 9.67. The Morgan fingerprint density at radius 1 is 0.871 bits per heavy atom. The first-order chi connectivity index (χ1) is 15.1. The summed E-state index contributed by atoms with van der Waals surface area (Å²) in [5.74, 6) is -0.679. The summed E-state index contributed by atoms with van der Waals surface area (Å²) < 4.78 is 5.34. The predicted molar refractivity (Wildman–Crippen MR) is 117 cm³/mol. The molecule has 0 aliphatic carbocycles. The van der Waals surface area contributed by atoms with Crippen molar-refractivity contribution in [1.82, 2.24) is 10.2 Å². The average Bonchev–Trinajstić information content (AvgIpc) is 2.81. The molecule has 1 heterocycles. The van der Waals surface area contributed by atoms with E-state index in [4.69, 9.17) is 4.74 Å². The Labute approximate surface area is 177 Å². The molecule has 0 saturated heterocycles. The van der Waals surface area contributed by atoms with Crippen molar-refractivity contribution in [3.8, 4) is 0 Å². The van der Waals surface area contributed by atoms with Crippen LogP contribution < -0.4 is 10.9 Å². The monoisotopic (exact) mass is 413 g/mol. The summed E-state index contributed by atoms with van der Waals surface area (Å²) in [5.41, 5.74) is 2.12. The molecule has 0 aliphatic rings. The highest BCUT2D eigenvalue weighted by Gasteiger charge is 2.12. The number of aromatic amines is 1. The molecule has 0 aliphatic heterocycles. The molecule has 1 amide bonds. The number of carbonyl (C=O) groups excluding carboxylic acids is 2. The van der Waals surface area contributed by atoms with Gasteiger partial charge < -0.3 is 10.1 Å². The molecule has 4 aromatic rings. The first-order valence-electron chi connectivity index (χ1n) is 9.67. The molecule has 0 spiro atoms. The van der Waals surface area contributed by atoms with Gasteiger partial charge in [-0.25, -0.2) is 5.10 Å². The minimum absolute atomic E-state index is 0.0607. The number of nitrogens with one attached hydrogen (secondary N) is 2. The van der Waals surface area contributed by atoms with E-state index in [1.54, 1.807) is 48.5 Å². The number of carbonyl (C=O) groups is 2. The van der Waals surface area contributed by atoms with Crippen LogP contribution in [-0.4, -0.2) is 22.1 Å². The lowest BCUT2D eigenvalue weighted by Gasteiger charge is -2.08. The Balaban J connectivity index is 1.35. The average molecular weight is 413 g/mol. The van der Waals surface area contributed by atoms with E-state index in [-0.39, 0.29) is 24.5 Å². The van der Waals surface area contributed by atoms with Gasteiger partial charge in [0.15, 0.2) is 0 Å². The van der Waals surface area contributed by atoms with Crippen LogP contribution in [0.2, 0.25) is 0 Å². The van der Waals surface area contributed by atoms with Gasteiger partial charge in [0.05, 0.1) is 17.5 Å². The Bertz CT molecular complexity index is 1280. The Hall–Kier alpha value is -4.26. The first kappa shape index (κ1) is 20.0. The van der Waals surface area contributed by atoms with Crippen molar-refractivity contribution in [2.45, 2.75) is 13.0 Å². The number of benzene rings is 3. The second-order valence-electron chi connectivity index (χ2n) is 6.90. The van der Waals surface area contributed by atoms with Gasteiger partial charge in [0.1, 0.15) is 6.61 Å². The molecule has 0 radical (unpaired) electrons. The van der Waals surface area contributed by atoms with E-state index in [0.717, 1.165) is 5.56 Å². The zero-order chi connectivity index (χ0) is 21.6. The van der Waals surface area contributed by atoms with Crippen molar-refractivity contribution < 1.29 is 14.3 Å². The van der Waals surface area contributed by atoms with E-state index in [9.17, 15) is 14.4 Å². The van der Waals surface area contributed by atoms with Crippen molar-refractivity contribution in [3.63, 3.8) is 0 Å². The number of amides is 1. The van der Waals surface area contributed by atoms with Gasteiger partial charge in [-0.05, 0) is 35.9 Å². The van der Waals surface area contributed by atoms with Gasteiger partial charge in [0.2, 0.25) is 0 Å². The van der Waals surface area contributed by atoms with Crippen LogP contribution in [0.25, 0.3) is 10.8 Å². The maximum atomic E-state index is 12.3. The summed E-state index contributed by atoms with van der Waals surface area (Å²) in [4.78, 5) is 36.4. The van der Waals surface area contributed by atoms with Gasteiger partial charge in [-0.1, -0.05) is 48.5 Å². The quantitative estimate of drug-likeness (QED) is 0.472. The minimum atomic E-state index is -0.462. The third kappa shape index (κ3) is 4.84. The molecule has 3 aromatic carbocycles. The van der Waals surface area contributed by atoms with Crippen molar-refractivity contribution in [1.29, 1.82) is 0 Å². The molecule has 2 N–H and O–H groups in total. The number of esters is 1. The van der Waals surface area contributed by atoms with Crippen LogP contribution in [0.1, 0.15) is 21.6 Å². The standard InChI is InChI=1S/C24H19N3O4/c28-22(14-21-19-8-4-5-9-20(19)24(30)27-26-21)31-15-16-10-12-17(13-11-16)23(29)25-18-6-2-1-3-7-18/h1-13H,14-15H2,(H,25,29)(H,27,30). The number of anilines is 1. The molecular formula is C24H19N3O4. The topological polar surface area (TPSA) is 101 Å². The van der Waals surface area contributed by atoms with E-state index in [2.05, 4.69) is 15.5 Å². The van der Waals surface area contributed by atoms with Crippen molar-refractivity contribution in [2.24, 2.45) is 0 Å². The SMILES string of the molecule is O=C(Cc1n[nH]c(=O)c2ccccc12)OCc1ccc(C(=O)Nc2ccccc2)cc1. The van der Waals surface area contributed by atoms with E-state index < -0.39 is 5.97 Å². The summed E-state index contributed by atoms with van der Waals surface area (Å²) in [6.07, 6.45) is -0.0607. The Morgan fingerprint density at radius 2 is 1.55 bits per heavy atom. The maximum Gasteiger partial charge on any atom is 0.312 e. The maximum absolute atomic E-state index is 12.3. The van der Waals surface area contributed by atoms with E-state index in [0.29, 0.717) is 27.7 Å². The van der Waals surface area contributed by atoms with E-state index in [1.807, 2.05) is 30.3 Å². The molecule has 4 rings (SSSR count). The van der Waals surface area contributed by atoms with E-state index >= 15 is 0 Å². The fraction of sp³-hybridized carbons (Fsp3) is 0.0833. The molecule has 0 bridgehead atoms. The summed E-state index contributed by atoms with van der Waals surface area (Å²) >= 11 is 0. The third-order valence-electron chi connectivity index (χ3n) is 4.73. The number of ether oxygens (including phenoxy) is 1. The second-order valence-corrected chi connectivity index (χ2v) is 6.90. The van der Waals surface area contributed by atoms with Gasteiger partial charge in [0, 0.05) is 16.6 Å². The van der Waals surface area contributed by atoms with Gasteiger partial charge >= 0.3 is 5.97 Å². The largest absolute Gasteiger partial charge is 0.461 e. The normalized spacial score (nSPS) is 10.6. The molecular weight excluding hydrogens is 394 g/mol. The zero-order valence-corrected chi connectivity index (χ0v) is 16.5. The number of H-pyrrole nitrogens is 1. The summed E-state index contributed by atoms with van der Waals surface area (Å²) in [6.45, 7) is 0.0701. The molecule has 31 heavy (non-hydrogen) atoms. The van der Waals surface area contributed by atoms with Crippen molar-refractivity contribution in [3.05, 3.63) is 106 Å². The predicted octanol–water partition coefficient (Wildman–Crippen LogP) is 3.46. The minimum Gasteiger partial charge on any atom is -0.461 e. The third-order valence-corrected chi connectivity index (χ3v) is 4.73. The lowest BCUT2D eigenvalue weighted by molar-refractivity contribution is -0.144. The highest BCUT2D eigenvalue weighted by Crippen LogP contribution is 2.14. The van der Waals surface area contributed by atoms with Crippen molar-refractivity contribution >= 4 is 28.3 Å². The molecule has 0 fully saturated rings. The molecule has 7 heteroatoms. The summed E-state index contributed by atoms with van der Waals surface area (Å²) in [5, 5.41) is 10.3. The Morgan fingerprint density at radius 3 is 2.29 bits per heavy atom. The number of hydrogen-bond acceptors (Lipinski definition) is 5. The molecule has 7 nitrogen and oxygen atoms in total. The zero-order valence-electron chi connectivity index (χ0n) is 16.5. The molecule has 0 unspecified atom stereocenters. The highest BCUT2D eigenvalue weighted by molar-refractivity contribution is 6.04. The van der Waals surface area contributed by atoms with Gasteiger partial charge in [-0.15, -0.1) is 0 Å². The number of fused-ring (bicyclic) bond motifs is 1. The van der Waals surface area contributed by atoms with Gasteiger partial charge in [-0.3, -0.25) is 14.4 Å². The van der Waals surface area contributed by atoms with Crippen LogP contribution >= 0.6 is 0 Å². The summed E-state index contributed by atoms with van der Waals surface area (Å²) in [6, 6.07) is 23.0. The van der Waals surface area contributed by atoms with Crippen LogP contribution in [0.3, 0.4) is 0 Å². The molecule has 0 atom stereocenters. The van der Waals surface area contributed by atoms with Crippen molar-refractivity contribution in [2.75, 3.05) is 5.32 Å². The van der Waals surface area contributed by atoms with Crippen LogP contribution in [0.4, 0.5) is 5.69 Å². The number of hydrogen-bond donors (Lipinski definition) is 2. The van der Waals surface area contributed by atoms with Crippen LogP contribution in [-0.2, 0) is 22.6 Å². The van der Waals surface area contributed by atoms with Crippen LogP contribution in [0.5, 0.6) is 0 Å². The number of aromatic nitrogens is 2. The van der Waals surface area contributed by atoms with Crippen LogP contribution in [0, 0.1) is 0 Å². The lowest BCUT2D eigenvalue weighted by atomic mass is 10.1. The summed E-state index contributed by atoms with van der Waals surface area (Å²) in [7, 11) is 0. The smallest absolute Gasteiger partial charge is 0.312 e. The molecule has 0 saturated carbocycles. The number of para-hydroxylation sites is 1. The molecule has 1 aromatic heterocycles. The number of rotatable bonds is 6. The fourth-order valence-electron chi connectivity index (χ4n) is 3.13. The Kier molecular flexibility index (Phi) is 5.84. The number of nitrogens with zero attached hydrogens (tertiary/aromatic N) is 1. The second kappa shape index (κ2) is 9.04. The highest BCUT2D eigenvalue weighted by atomic mass is 16.5. The van der Waals surface area contributed by atoms with Gasteiger partial charge in [0.25, 0.3) is 11.5 Å².